The highest BCUT2D eigenvalue weighted by molar-refractivity contribution is 5.99. The van der Waals surface area contributed by atoms with Crippen molar-refractivity contribution in [3.05, 3.63) is 53.3 Å². The Labute approximate surface area is 160 Å². The van der Waals surface area contributed by atoms with E-state index in [-0.39, 0.29) is 23.8 Å². The van der Waals surface area contributed by atoms with Crippen LogP contribution in [0.5, 0.6) is 11.5 Å². The molecule has 26 heavy (non-hydrogen) atoms. The summed E-state index contributed by atoms with van der Waals surface area (Å²) < 4.78 is 12.0. The Morgan fingerprint density at radius 1 is 1.15 bits per heavy atom. The van der Waals surface area contributed by atoms with Crippen LogP contribution in [-0.4, -0.2) is 23.5 Å². The van der Waals surface area contributed by atoms with Crippen molar-refractivity contribution < 1.29 is 14.3 Å². The summed E-state index contributed by atoms with van der Waals surface area (Å²) in [7, 11) is 1.66. The van der Waals surface area contributed by atoms with Crippen molar-refractivity contribution in [3.8, 4) is 11.5 Å². The smallest absolute Gasteiger partial charge is 0.167 e. The van der Waals surface area contributed by atoms with Crippen LogP contribution in [0.1, 0.15) is 53.6 Å². The Hall–Kier alpha value is -2.07. The summed E-state index contributed by atoms with van der Waals surface area (Å²) in [6, 6.07) is 7.53. The first-order valence-electron chi connectivity index (χ1n) is 9.02. The third-order valence-corrected chi connectivity index (χ3v) is 5.52. The molecule has 0 radical (unpaired) electrons. The van der Waals surface area contributed by atoms with E-state index in [0.29, 0.717) is 6.42 Å². The molecule has 5 heteroatoms. The summed E-state index contributed by atoms with van der Waals surface area (Å²) >= 11 is 0. The summed E-state index contributed by atoms with van der Waals surface area (Å²) in [5, 5.41) is 0. The molecular weight excluding hydrogens is 350 g/mol. The van der Waals surface area contributed by atoms with E-state index in [0.717, 1.165) is 53.9 Å². The molecule has 0 N–H and O–H groups in total. The van der Waals surface area contributed by atoms with Gasteiger partial charge in [0, 0.05) is 29.9 Å². The van der Waals surface area contributed by atoms with Gasteiger partial charge in [-0.05, 0) is 68.4 Å². The van der Waals surface area contributed by atoms with Crippen molar-refractivity contribution in [2.24, 2.45) is 0 Å². The van der Waals surface area contributed by atoms with Crippen LogP contribution in [0.25, 0.3) is 0 Å². The van der Waals surface area contributed by atoms with Crippen molar-refractivity contribution in [3.63, 3.8) is 0 Å². The number of hydrogen-bond acceptors (Lipinski definition) is 4. The van der Waals surface area contributed by atoms with E-state index in [2.05, 4.69) is 4.98 Å². The number of methoxy groups -OCH3 is 1. The summed E-state index contributed by atoms with van der Waals surface area (Å²) in [6.45, 7) is 0. The van der Waals surface area contributed by atoms with Crippen LogP contribution in [0, 0.1) is 0 Å². The number of rotatable bonds is 4. The van der Waals surface area contributed by atoms with Gasteiger partial charge in [0.15, 0.2) is 17.3 Å². The molecule has 1 fully saturated rings. The van der Waals surface area contributed by atoms with Gasteiger partial charge in [0.05, 0.1) is 7.11 Å². The molecule has 4 nitrogen and oxygen atoms in total. The minimum atomic E-state index is -0.0486. The predicted octanol–water partition coefficient (Wildman–Crippen LogP) is 4.58. The lowest BCUT2D eigenvalue weighted by atomic mass is 9.86. The Kier molecular flexibility index (Phi) is 5.52. The fourth-order valence-electron chi connectivity index (χ4n) is 4.16. The highest BCUT2D eigenvalue weighted by atomic mass is 35.5. The highest BCUT2D eigenvalue weighted by Crippen LogP contribution is 2.47. The number of carbonyl (C=O) groups is 1. The van der Waals surface area contributed by atoms with E-state index in [4.69, 9.17) is 9.47 Å². The summed E-state index contributed by atoms with van der Waals surface area (Å²) in [4.78, 5) is 16.9. The van der Waals surface area contributed by atoms with E-state index >= 15 is 0 Å². The molecule has 0 unspecified atom stereocenters. The van der Waals surface area contributed by atoms with Gasteiger partial charge >= 0.3 is 0 Å². The Morgan fingerprint density at radius 3 is 2.58 bits per heavy atom. The minimum absolute atomic E-state index is 0. The van der Waals surface area contributed by atoms with Crippen LogP contribution in [0.2, 0.25) is 0 Å². The summed E-state index contributed by atoms with van der Waals surface area (Å²) in [6.07, 6.45) is 10.3. The first kappa shape index (κ1) is 18.7. The third-order valence-electron chi connectivity index (χ3n) is 5.52. The molecule has 1 aromatic heterocycles. The van der Waals surface area contributed by atoms with Gasteiger partial charge in [-0.15, -0.1) is 12.4 Å². The number of ketones is 1. The maximum atomic E-state index is 12.9. The second-order valence-corrected chi connectivity index (χ2v) is 7.07. The number of halogens is 1. The van der Waals surface area contributed by atoms with Gasteiger partial charge in [0.1, 0.15) is 5.60 Å². The molecule has 2 aliphatic rings. The standard InChI is InChI=1S/C21H23NO3.ClH/c1-24-19-5-4-16(18(23)14-15-7-12-22-13-8-15)17-6-11-21(25-20(17)19)9-2-3-10-21;/h4-5,7-8,12-13H,2-3,6,9-11,14H2,1H3;1H. The number of pyridine rings is 1. The zero-order valence-electron chi connectivity index (χ0n) is 15.0. The fourth-order valence-corrected chi connectivity index (χ4v) is 4.16. The molecule has 0 bridgehead atoms. The maximum absolute atomic E-state index is 12.9. The normalized spacial score (nSPS) is 17.1. The molecule has 0 atom stereocenters. The molecule has 1 aliphatic heterocycles. The molecule has 1 saturated carbocycles. The zero-order valence-corrected chi connectivity index (χ0v) is 15.8. The quantitative estimate of drug-likeness (QED) is 0.736. The molecule has 0 saturated heterocycles. The molecule has 2 aromatic rings. The number of carbonyl (C=O) groups excluding carboxylic acids is 1. The lowest BCUT2D eigenvalue weighted by molar-refractivity contribution is 0.0494. The number of Topliss-reactive ketones (excluding diaryl/α,β-unsaturated/α-hetero) is 1. The van der Waals surface area contributed by atoms with Gasteiger partial charge < -0.3 is 9.47 Å². The largest absolute Gasteiger partial charge is 0.493 e. The highest BCUT2D eigenvalue weighted by Gasteiger charge is 2.41. The maximum Gasteiger partial charge on any atom is 0.167 e. The number of nitrogens with zero attached hydrogens (tertiary/aromatic N) is 1. The molecule has 138 valence electrons. The van der Waals surface area contributed by atoms with Crippen molar-refractivity contribution in [1.29, 1.82) is 0 Å². The monoisotopic (exact) mass is 373 g/mol. The Morgan fingerprint density at radius 2 is 1.88 bits per heavy atom. The molecule has 2 heterocycles. The van der Waals surface area contributed by atoms with Crippen molar-refractivity contribution in [2.45, 2.75) is 50.5 Å². The number of ether oxygens (including phenoxy) is 2. The van der Waals surface area contributed by atoms with E-state index in [1.807, 2.05) is 24.3 Å². The average molecular weight is 374 g/mol. The average Bonchev–Trinajstić information content (AvgIpc) is 3.09. The van der Waals surface area contributed by atoms with Crippen LogP contribution < -0.4 is 9.47 Å². The van der Waals surface area contributed by atoms with Crippen molar-refractivity contribution in [2.75, 3.05) is 7.11 Å². The molecule has 0 amide bonds. The van der Waals surface area contributed by atoms with Gasteiger partial charge in [-0.2, -0.15) is 0 Å². The molecule has 1 spiro atoms. The van der Waals surface area contributed by atoms with Gasteiger partial charge in [0.25, 0.3) is 0 Å². The van der Waals surface area contributed by atoms with Crippen molar-refractivity contribution >= 4 is 18.2 Å². The van der Waals surface area contributed by atoms with Gasteiger partial charge in [0.2, 0.25) is 0 Å². The lowest BCUT2D eigenvalue weighted by Gasteiger charge is -2.37. The SMILES string of the molecule is COc1ccc(C(=O)Cc2ccncc2)c2c1OC1(CCCC1)CC2.Cl. The Balaban J connectivity index is 0.00000196. The Bertz CT molecular complexity index is 785. The number of benzene rings is 1. The first-order chi connectivity index (χ1) is 12.2. The molecule has 1 aromatic carbocycles. The number of aromatic nitrogens is 1. The van der Waals surface area contributed by atoms with E-state index in [1.165, 1.54) is 12.8 Å². The number of fused-ring (bicyclic) bond motifs is 1. The van der Waals surface area contributed by atoms with Crippen LogP contribution in [0.15, 0.2) is 36.7 Å². The van der Waals surface area contributed by atoms with E-state index < -0.39 is 0 Å². The molecular formula is C21H24ClNO3. The van der Waals surface area contributed by atoms with Crippen LogP contribution >= 0.6 is 12.4 Å². The molecule has 4 rings (SSSR count). The lowest BCUT2D eigenvalue weighted by Crippen LogP contribution is -2.37. The predicted molar refractivity (Wildman–Crippen MR) is 103 cm³/mol. The zero-order chi connectivity index (χ0) is 17.3. The first-order valence-corrected chi connectivity index (χ1v) is 9.02. The van der Waals surface area contributed by atoms with Gasteiger partial charge in [-0.25, -0.2) is 0 Å². The minimum Gasteiger partial charge on any atom is -0.493 e. The van der Waals surface area contributed by atoms with Crippen LogP contribution in [0.3, 0.4) is 0 Å². The second kappa shape index (κ2) is 7.67. The fraction of sp³-hybridized carbons (Fsp3) is 0.429. The topological polar surface area (TPSA) is 48.4 Å². The third kappa shape index (κ3) is 3.43. The summed E-state index contributed by atoms with van der Waals surface area (Å²) in [5.74, 6) is 1.65. The van der Waals surface area contributed by atoms with E-state index in [9.17, 15) is 4.79 Å². The second-order valence-electron chi connectivity index (χ2n) is 7.07. The number of hydrogen-bond donors (Lipinski definition) is 0. The van der Waals surface area contributed by atoms with Crippen LogP contribution in [0.4, 0.5) is 0 Å². The van der Waals surface area contributed by atoms with Crippen LogP contribution in [-0.2, 0) is 12.8 Å². The van der Waals surface area contributed by atoms with Crippen molar-refractivity contribution in [1.82, 2.24) is 4.98 Å². The van der Waals surface area contributed by atoms with Gasteiger partial charge in [-0.3, -0.25) is 9.78 Å². The molecule has 1 aliphatic carbocycles. The summed E-state index contributed by atoms with van der Waals surface area (Å²) in [5.41, 5.74) is 2.71. The van der Waals surface area contributed by atoms with Gasteiger partial charge in [-0.1, -0.05) is 0 Å². The van der Waals surface area contributed by atoms with E-state index in [1.54, 1.807) is 19.5 Å².